The standard InChI is InChI=1S/C19H23FN2O3/c20-15-2-1-3-16(12-15)22-10-8-21(9-11-22)13-18(24)14-25-19-6-4-17(23)5-7-19/h1-7,12,18,23-24H,8-11,13-14H2/t18-/m0/s1. The van der Waals surface area contributed by atoms with Crippen LogP contribution in [0.2, 0.25) is 0 Å². The van der Waals surface area contributed by atoms with Gasteiger partial charge >= 0.3 is 0 Å². The van der Waals surface area contributed by atoms with Crippen molar-refractivity contribution in [1.29, 1.82) is 0 Å². The van der Waals surface area contributed by atoms with Crippen molar-refractivity contribution >= 4 is 5.69 Å². The summed E-state index contributed by atoms with van der Waals surface area (Å²) in [6.07, 6.45) is -0.588. The third-order valence-electron chi connectivity index (χ3n) is 4.29. The van der Waals surface area contributed by atoms with Crippen LogP contribution in [0.1, 0.15) is 0 Å². The van der Waals surface area contributed by atoms with Gasteiger partial charge in [0, 0.05) is 38.4 Å². The van der Waals surface area contributed by atoms with Gasteiger partial charge in [0.1, 0.15) is 30.0 Å². The van der Waals surface area contributed by atoms with Crippen LogP contribution in [0.15, 0.2) is 48.5 Å². The molecule has 134 valence electrons. The maximum Gasteiger partial charge on any atom is 0.125 e. The number of hydrogen-bond donors (Lipinski definition) is 2. The number of hydrogen-bond acceptors (Lipinski definition) is 5. The molecule has 0 unspecified atom stereocenters. The number of aliphatic hydroxyl groups excluding tert-OH is 1. The Morgan fingerprint density at radius 2 is 1.76 bits per heavy atom. The molecular formula is C19H23FN2O3. The van der Waals surface area contributed by atoms with Crippen molar-refractivity contribution < 1.29 is 19.3 Å². The van der Waals surface area contributed by atoms with E-state index in [0.29, 0.717) is 12.3 Å². The number of β-amino-alcohol motifs (C(OH)–C–C–N with tert-alkyl or cyclic N) is 1. The number of ether oxygens (including phenoxy) is 1. The second-order valence-corrected chi connectivity index (χ2v) is 6.23. The molecule has 1 atom stereocenters. The number of aliphatic hydroxyl groups is 1. The monoisotopic (exact) mass is 346 g/mol. The lowest BCUT2D eigenvalue weighted by molar-refractivity contribution is 0.0663. The highest BCUT2D eigenvalue weighted by molar-refractivity contribution is 5.46. The average Bonchev–Trinajstić information content (AvgIpc) is 2.62. The molecule has 1 fully saturated rings. The van der Waals surface area contributed by atoms with Crippen molar-refractivity contribution in [2.24, 2.45) is 0 Å². The molecule has 0 saturated carbocycles. The summed E-state index contributed by atoms with van der Waals surface area (Å²) in [5.74, 6) is 0.582. The Kier molecular flexibility index (Phi) is 5.73. The second-order valence-electron chi connectivity index (χ2n) is 6.23. The molecular weight excluding hydrogens is 323 g/mol. The van der Waals surface area contributed by atoms with E-state index in [-0.39, 0.29) is 18.2 Å². The molecule has 0 aliphatic carbocycles. The molecule has 1 saturated heterocycles. The molecule has 2 aromatic carbocycles. The highest BCUT2D eigenvalue weighted by atomic mass is 19.1. The van der Waals surface area contributed by atoms with Gasteiger partial charge < -0.3 is 19.8 Å². The smallest absolute Gasteiger partial charge is 0.125 e. The molecule has 1 aliphatic rings. The topological polar surface area (TPSA) is 56.2 Å². The van der Waals surface area contributed by atoms with E-state index in [4.69, 9.17) is 4.74 Å². The predicted octanol–water partition coefficient (Wildman–Crippen LogP) is 2.09. The van der Waals surface area contributed by atoms with E-state index >= 15 is 0 Å². The molecule has 0 aromatic heterocycles. The molecule has 5 nitrogen and oxygen atoms in total. The van der Waals surface area contributed by atoms with Crippen LogP contribution in [0.5, 0.6) is 11.5 Å². The number of halogens is 1. The van der Waals surface area contributed by atoms with E-state index in [9.17, 15) is 14.6 Å². The first kappa shape index (κ1) is 17.5. The Morgan fingerprint density at radius 3 is 2.44 bits per heavy atom. The first-order chi connectivity index (χ1) is 12.1. The van der Waals surface area contributed by atoms with E-state index in [0.717, 1.165) is 31.9 Å². The number of aromatic hydroxyl groups is 1. The zero-order valence-corrected chi connectivity index (χ0v) is 14.0. The molecule has 0 amide bonds. The molecule has 25 heavy (non-hydrogen) atoms. The zero-order valence-electron chi connectivity index (χ0n) is 14.0. The summed E-state index contributed by atoms with van der Waals surface area (Å²) in [5.41, 5.74) is 0.899. The van der Waals surface area contributed by atoms with Gasteiger partial charge in [0.25, 0.3) is 0 Å². The van der Waals surface area contributed by atoms with E-state index in [1.54, 1.807) is 36.4 Å². The van der Waals surface area contributed by atoms with Crippen molar-refractivity contribution in [1.82, 2.24) is 4.90 Å². The van der Waals surface area contributed by atoms with E-state index in [2.05, 4.69) is 9.80 Å². The molecule has 2 aromatic rings. The largest absolute Gasteiger partial charge is 0.508 e. The van der Waals surface area contributed by atoms with Crippen LogP contribution in [0, 0.1) is 5.82 Å². The van der Waals surface area contributed by atoms with Crippen LogP contribution in [0.25, 0.3) is 0 Å². The Labute approximate surface area is 146 Å². The summed E-state index contributed by atoms with van der Waals surface area (Å²) in [6, 6.07) is 13.1. The van der Waals surface area contributed by atoms with Gasteiger partial charge in [0.05, 0.1) is 0 Å². The second kappa shape index (κ2) is 8.18. The number of phenols is 1. The fraction of sp³-hybridized carbons (Fsp3) is 0.368. The quantitative estimate of drug-likeness (QED) is 0.839. The van der Waals surface area contributed by atoms with Gasteiger partial charge in [0.2, 0.25) is 0 Å². The Bertz CT molecular complexity index is 673. The van der Waals surface area contributed by atoms with Crippen LogP contribution in [0.3, 0.4) is 0 Å². The van der Waals surface area contributed by atoms with E-state index in [1.807, 2.05) is 6.07 Å². The number of rotatable bonds is 6. The number of nitrogens with zero attached hydrogens (tertiary/aromatic N) is 2. The Balaban J connectivity index is 1.41. The minimum atomic E-state index is -0.588. The zero-order chi connectivity index (χ0) is 17.6. The summed E-state index contributed by atoms with van der Waals surface area (Å²) < 4.78 is 18.8. The highest BCUT2D eigenvalue weighted by Gasteiger charge is 2.20. The molecule has 2 N–H and O–H groups in total. The lowest BCUT2D eigenvalue weighted by Gasteiger charge is -2.36. The van der Waals surface area contributed by atoms with Crippen molar-refractivity contribution in [2.75, 3.05) is 44.2 Å². The van der Waals surface area contributed by atoms with Gasteiger partial charge in [-0.2, -0.15) is 0 Å². The maximum absolute atomic E-state index is 13.3. The number of phenolic OH excluding ortho intramolecular Hbond substituents is 1. The first-order valence-electron chi connectivity index (χ1n) is 8.43. The number of piperazine rings is 1. The third-order valence-corrected chi connectivity index (χ3v) is 4.29. The fourth-order valence-electron chi connectivity index (χ4n) is 2.95. The lowest BCUT2D eigenvalue weighted by atomic mass is 10.2. The minimum absolute atomic E-state index is 0.184. The molecule has 1 aliphatic heterocycles. The van der Waals surface area contributed by atoms with Crippen LogP contribution in [-0.4, -0.2) is 60.5 Å². The minimum Gasteiger partial charge on any atom is -0.508 e. The summed E-state index contributed by atoms with van der Waals surface area (Å²) in [4.78, 5) is 4.33. The van der Waals surface area contributed by atoms with E-state index in [1.165, 1.54) is 6.07 Å². The third kappa shape index (κ3) is 5.08. The van der Waals surface area contributed by atoms with Crippen LogP contribution >= 0.6 is 0 Å². The molecule has 0 radical (unpaired) electrons. The Morgan fingerprint density at radius 1 is 1.04 bits per heavy atom. The van der Waals surface area contributed by atoms with Gasteiger partial charge in [-0.3, -0.25) is 4.90 Å². The molecule has 0 bridgehead atoms. The fourth-order valence-corrected chi connectivity index (χ4v) is 2.95. The average molecular weight is 346 g/mol. The normalized spacial score (nSPS) is 16.6. The first-order valence-corrected chi connectivity index (χ1v) is 8.43. The number of benzene rings is 2. The Hall–Kier alpha value is -2.31. The van der Waals surface area contributed by atoms with Gasteiger partial charge in [-0.25, -0.2) is 4.39 Å². The van der Waals surface area contributed by atoms with Crippen LogP contribution in [0.4, 0.5) is 10.1 Å². The van der Waals surface area contributed by atoms with Crippen LogP contribution in [-0.2, 0) is 0 Å². The highest BCUT2D eigenvalue weighted by Crippen LogP contribution is 2.18. The molecule has 3 rings (SSSR count). The van der Waals surface area contributed by atoms with Crippen molar-refractivity contribution in [3.05, 3.63) is 54.3 Å². The summed E-state index contributed by atoms with van der Waals surface area (Å²) in [6.45, 7) is 3.97. The van der Waals surface area contributed by atoms with Gasteiger partial charge in [-0.1, -0.05) is 6.07 Å². The van der Waals surface area contributed by atoms with Crippen molar-refractivity contribution in [3.8, 4) is 11.5 Å². The molecule has 6 heteroatoms. The molecule has 1 heterocycles. The predicted molar refractivity (Wildman–Crippen MR) is 94.7 cm³/mol. The van der Waals surface area contributed by atoms with Gasteiger partial charge in [0.15, 0.2) is 0 Å². The SMILES string of the molecule is Oc1ccc(OC[C@@H](O)CN2CCN(c3cccc(F)c3)CC2)cc1. The van der Waals surface area contributed by atoms with Crippen LogP contribution < -0.4 is 9.64 Å². The van der Waals surface area contributed by atoms with E-state index < -0.39 is 6.10 Å². The van der Waals surface area contributed by atoms with Gasteiger partial charge in [-0.15, -0.1) is 0 Å². The summed E-state index contributed by atoms with van der Waals surface area (Å²) in [5, 5.41) is 19.4. The van der Waals surface area contributed by atoms with Gasteiger partial charge in [-0.05, 0) is 42.5 Å². The molecule has 0 spiro atoms. The maximum atomic E-state index is 13.3. The lowest BCUT2D eigenvalue weighted by Crippen LogP contribution is -2.49. The van der Waals surface area contributed by atoms with Crippen molar-refractivity contribution in [2.45, 2.75) is 6.10 Å². The summed E-state index contributed by atoms with van der Waals surface area (Å²) >= 11 is 0. The van der Waals surface area contributed by atoms with Crippen molar-refractivity contribution in [3.63, 3.8) is 0 Å². The number of anilines is 1. The summed E-state index contributed by atoms with van der Waals surface area (Å²) in [7, 11) is 0.